The molecule has 2 aromatic rings. The standard InChI is InChI=1S/C19H22N2O3S/c22-18(21-10-11-25-13-16(21)12-19(23)24)9-7-15-6-8-17(20-15)14-4-2-1-3-5-14/h1-6,8,16,20H,7,9-13H2,(H,23,24). The predicted octanol–water partition coefficient (Wildman–Crippen LogP) is 3.03. The molecule has 1 aliphatic heterocycles. The number of carbonyl (C=O) groups is 2. The Morgan fingerprint density at radius 3 is 2.76 bits per heavy atom. The number of carboxylic acid groups (broad SMARTS) is 1. The number of hydrogen-bond acceptors (Lipinski definition) is 3. The van der Waals surface area contributed by atoms with Gasteiger partial charge in [0.2, 0.25) is 5.91 Å². The fourth-order valence-electron chi connectivity index (χ4n) is 3.11. The maximum absolute atomic E-state index is 12.5. The smallest absolute Gasteiger partial charge is 0.305 e. The van der Waals surface area contributed by atoms with Crippen molar-refractivity contribution in [2.75, 3.05) is 18.1 Å². The number of rotatable bonds is 6. The number of aliphatic carboxylic acids is 1. The van der Waals surface area contributed by atoms with Crippen molar-refractivity contribution in [1.82, 2.24) is 9.88 Å². The van der Waals surface area contributed by atoms with Crippen LogP contribution in [0.25, 0.3) is 11.3 Å². The maximum atomic E-state index is 12.5. The molecular formula is C19H22N2O3S. The fraction of sp³-hybridized carbons (Fsp3) is 0.368. The number of carbonyl (C=O) groups excluding carboxylic acids is 1. The molecule has 0 bridgehead atoms. The largest absolute Gasteiger partial charge is 0.481 e. The van der Waals surface area contributed by atoms with E-state index in [1.807, 2.05) is 42.5 Å². The van der Waals surface area contributed by atoms with Crippen LogP contribution in [0.2, 0.25) is 0 Å². The number of aromatic nitrogens is 1. The van der Waals surface area contributed by atoms with Crippen molar-refractivity contribution in [2.24, 2.45) is 0 Å². The van der Waals surface area contributed by atoms with Crippen LogP contribution >= 0.6 is 11.8 Å². The first kappa shape index (κ1) is 17.6. The van der Waals surface area contributed by atoms with Crippen LogP contribution in [0.15, 0.2) is 42.5 Å². The fourth-order valence-corrected chi connectivity index (χ4v) is 4.17. The number of hydrogen-bond donors (Lipinski definition) is 2. The molecule has 1 atom stereocenters. The highest BCUT2D eigenvalue weighted by Gasteiger charge is 2.28. The van der Waals surface area contributed by atoms with Gasteiger partial charge < -0.3 is 15.0 Å². The first-order valence-corrected chi connectivity index (χ1v) is 9.61. The van der Waals surface area contributed by atoms with Gasteiger partial charge in [0.15, 0.2) is 0 Å². The van der Waals surface area contributed by atoms with Crippen molar-refractivity contribution in [3.8, 4) is 11.3 Å². The normalized spacial score (nSPS) is 17.4. The Balaban J connectivity index is 1.58. The highest BCUT2D eigenvalue weighted by atomic mass is 32.2. The van der Waals surface area contributed by atoms with E-state index in [9.17, 15) is 9.59 Å². The lowest BCUT2D eigenvalue weighted by molar-refractivity contribution is -0.140. The van der Waals surface area contributed by atoms with E-state index in [-0.39, 0.29) is 18.4 Å². The third kappa shape index (κ3) is 4.66. The summed E-state index contributed by atoms with van der Waals surface area (Å²) < 4.78 is 0. The van der Waals surface area contributed by atoms with Gasteiger partial charge in [-0.3, -0.25) is 9.59 Å². The lowest BCUT2D eigenvalue weighted by atomic mass is 10.1. The zero-order chi connectivity index (χ0) is 17.6. The molecule has 1 aromatic heterocycles. The van der Waals surface area contributed by atoms with Crippen molar-refractivity contribution in [3.05, 3.63) is 48.2 Å². The van der Waals surface area contributed by atoms with Gasteiger partial charge in [0.1, 0.15) is 0 Å². The second kappa shape index (κ2) is 8.25. The first-order chi connectivity index (χ1) is 12.1. The van der Waals surface area contributed by atoms with E-state index in [4.69, 9.17) is 5.11 Å². The number of carboxylic acids is 1. The molecule has 0 saturated carbocycles. The van der Waals surface area contributed by atoms with Crippen molar-refractivity contribution in [2.45, 2.75) is 25.3 Å². The summed E-state index contributed by atoms with van der Waals surface area (Å²) in [6, 6.07) is 13.9. The number of nitrogens with zero attached hydrogens (tertiary/aromatic N) is 1. The number of nitrogens with one attached hydrogen (secondary N) is 1. The Morgan fingerprint density at radius 1 is 1.20 bits per heavy atom. The van der Waals surface area contributed by atoms with Crippen LogP contribution in [0.4, 0.5) is 0 Å². The molecule has 2 N–H and O–H groups in total. The van der Waals surface area contributed by atoms with Crippen molar-refractivity contribution < 1.29 is 14.7 Å². The van der Waals surface area contributed by atoms with Crippen LogP contribution in [-0.2, 0) is 16.0 Å². The second-order valence-electron chi connectivity index (χ2n) is 6.18. The molecule has 3 rings (SSSR count). The van der Waals surface area contributed by atoms with Crippen LogP contribution in [-0.4, -0.2) is 51.0 Å². The number of aromatic amines is 1. The molecule has 0 radical (unpaired) electrons. The molecule has 6 heteroatoms. The van der Waals surface area contributed by atoms with E-state index in [0.29, 0.717) is 25.1 Å². The van der Waals surface area contributed by atoms with Crippen molar-refractivity contribution in [1.29, 1.82) is 0 Å². The molecule has 5 nitrogen and oxygen atoms in total. The molecule has 1 aliphatic rings. The quantitative estimate of drug-likeness (QED) is 0.832. The van der Waals surface area contributed by atoms with Gasteiger partial charge in [0, 0.05) is 35.9 Å². The summed E-state index contributed by atoms with van der Waals surface area (Å²) in [4.78, 5) is 28.7. The van der Waals surface area contributed by atoms with E-state index in [2.05, 4.69) is 4.98 Å². The first-order valence-electron chi connectivity index (χ1n) is 8.46. The van der Waals surface area contributed by atoms with Crippen LogP contribution in [0.3, 0.4) is 0 Å². The predicted molar refractivity (Wildman–Crippen MR) is 99.6 cm³/mol. The highest BCUT2D eigenvalue weighted by Crippen LogP contribution is 2.22. The maximum Gasteiger partial charge on any atom is 0.305 e. The van der Waals surface area contributed by atoms with Gasteiger partial charge in [0.25, 0.3) is 0 Å². The third-order valence-electron chi connectivity index (χ3n) is 4.40. The van der Waals surface area contributed by atoms with E-state index >= 15 is 0 Å². The second-order valence-corrected chi connectivity index (χ2v) is 7.33. The topological polar surface area (TPSA) is 73.4 Å². The molecule has 1 fully saturated rings. The minimum atomic E-state index is -0.845. The van der Waals surface area contributed by atoms with Gasteiger partial charge in [-0.2, -0.15) is 11.8 Å². The Labute approximate surface area is 151 Å². The van der Waals surface area contributed by atoms with Crippen LogP contribution in [0.5, 0.6) is 0 Å². The molecule has 1 amide bonds. The van der Waals surface area contributed by atoms with Gasteiger partial charge in [0.05, 0.1) is 12.5 Å². The number of thioether (sulfide) groups is 1. The van der Waals surface area contributed by atoms with Crippen molar-refractivity contribution >= 4 is 23.6 Å². The zero-order valence-corrected chi connectivity index (χ0v) is 14.8. The summed E-state index contributed by atoms with van der Waals surface area (Å²) in [6.07, 6.45) is 1.06. The molecule has 0 spiro atoms. The number of aryl methyl sites for hydroxylation is 1. The van der Waals surface area contributed by atoms with Crippen LogP contribution in [0.1, 0.15) is 18.5 Å². The van der Waals surface area contributed by atoms with E-state index in [1.54, 1.807) is 16.7 Å². The Hall–Kier alpha value is -2.21. The molecule has 1 aromatic carbocycles. The van der Waals surface area contributed by atoms with Crippen molar-refractivity contribution in [3.63, 3.8) is 0 Å². The zero-order valence-electron chi connectivity index (χ0n) is 14.0. The number of amides is 1. The summed E-state index contributed by atoms with van der Waals surface area (Å²) in [6.45, 7) is 0.640. The monoisotopic (exact) mass is 358 g/mol. The molecule has 2 heterocycles. The van der Waals surface area contributed by atoms with E-state index in [1.165, 1.54) is 0 Å². The molecule has 132 valence electrons. The lowest BCUT2D eigenvalue weighted by Crippen LogP contribution is -2.47. The van der Waals surface area contributed by atoms with Gasteiger partial charge in [-0.15, -0.1) is 0 Å². The Bertz CT molecular complexity index is 729. The van der Waals surface area contributed by atoms with Gasteiger partial charge in [-0.25, -0.2) is 0 Å². The van der Waals surface area contributed by atoms with Gasteiger partial charge >= 0.3 is 5.97 Å². The number of benzene rings is 1. The minimum Gasteiger partial charge on any atom is -0.481 e. The summed E-state index contributed by atoms with van der Waals surface area (Å²) in [5.74, 6) is 0.783. The number of H-pyrrole nitrogens is 1. The van der Waals surface area contributed by atoms with Crippen LogP contribution in [0, 0.1) is 0 Å². The average Bonchev–Trinajstić information content (AvgIpc) is 3.09. The SMILES string of the molecule is O=C(O)CC1CSCCN1C(=O)CCc1ccc(-c2ccccc2)[nH]1. The minimum absolute atomic E-state index is 0.0272. The molecule has 0 aliphatic carbocycles. The van der Waals surface area contributed by atoms with Gasteiger partial charge in [-0.1, -0.05) is 30.3 Å². The lowest BCUT2D eigenvalue weighted by Gasteiger charge is -2.34. The Kier molecular flexibility index (Phi) is 5.81. The summed E-state index contributed by atoms with van der Waals surface area (Å²) in [5.41, 5.74) is 3.18. The summed E-state index contributed by atoms with van der Waals surface area (Å²) in [5, 5.41) is 9.03. The average molecular weight is 358 g/mol. The van der Waals surface area contributed by atoms with E-state index in [0.717, 1.165) is 22.7 Å². The molecule has 1 unspecified atom stereocenters. The van der Waals surface area contributed by atoms with Crippen LogP contribution < -0.4 is 0 Å². The van der Waals surface area contributed by atoms with Gasteiger partial charge in [-0.05, 0) is 24.1 Å². The third-order valence-corrected chi connectivity index (χ3v) is 5.49. The van der Waals surface area contributed by atoms with E-state index < -0.39 is 5.97 Å². The Morgan fingerprint density at radius 2 is 2.00 bits per heavy atom. The molecule has 25 heavy (non-hydrogen) atoms. The summed E-state index contributed by atoms with van der Waals surface area (Å²) >= 11 is 1.72. The summed E-state index contributed by atoms with van der Waals surface area (Å²) in [7, 11) is 0. The molecule has 1 saturated heterocycles. The molecular weight excluding hydrogens is 336 g/mol. The highest BCUT2D eigenvalue weighted by molar-refractivity contribution is 7.99.